The highest BCUT2D eigenvalue weighted by Crippen LogP contribution is 2.22. The van der Waals surface area contributed by atoms with Gasteiger partial charge < -0.3 is 15.2 Å². The summed E-state index contributed by atoms with van der Waals surface area (Å²) in [6, 6.07) is 11.8. The number of amides is 2. The molecule has 1 atom stereocenters. The summed E-state index contributed by atoms with van der Waals surface area (Å²) in [5, 5.41) is 14.8. The van der Waals surface area contributed by atoms with Gasteiger partial charge in [-0.15, -0.1) is 16.8 Å². The number of benzene rings is 2. The lowest BCUT2D eigenvalue weighted by atomic mass is 10.2. The van der Waals surface area contributed by atoms with Crippen LogP contribution < -0.4 is 10.6 Å². The van der Waals surface area contributed by atoms with E-state index in [0.29, 0.717) is 33.8 Å². The summed E-state index contributed by atoms with van der Waals surface area (Å²) in [5.41, 5.74) is 0.865. The first kappa shape index (κ1) is 23.5. The Bertz CT molecular complexity index is 1120. The maximum absolute atomic E-state index is 13.0. The zero-order chi connectivity index (χ0) is 23.1. The molecule has 0 aliphatic carbocycles. The largest absolute Gasteiger partial charge is 0.342 e. The zero-order valence-electron chi connectivity index (χ0n) is 17.2. The molecule has 3 rings (SSSR count). The number of allylic oxidation sites excluding steroid dienone is 1. The van der Waals surface area contributed by atoms with E-state index in [0.717, 1.165) is 0 Å². The van der Waals surface area contributed by atoms with Gasteiger partial charge in [-0.25, -0.2) is 4.39 Å². The van der Waals surface area contributed by atoms with Crippen molar-refractivity contribution < 1.29 is 14.0 Å². The lowest BCUT2D eigenvalue weighted by Crippen LogP contribution is -2.29. The topological polar surface area (TPSA) is 88.9 Å². The van der Waals surface area contributed by atoms with Gasteiger partial charge in [-0.2, -0.15) is 0 Å². The fraction of sp³-hybridized carbons (Fsp3) is 0.182. The highest BCUT2D eigenvalue weighted by atomic mass is 35.5. The molecule has 0 spiro atoms. The van der Waals surface area contributed by atoms with Crippen molar-refractivity contribution in [2.75, 3.05) is 11.1 Å². The van der Waals surface area contributed by atoms with Gasteiger partial charge in [0.1, 0.15) is 5.82 Å². The average Bonchev–Trinajstić information content (AvgIpc) is 3.17. The first-order valence-corrected chi connectivity index (χ1v) is 11.0. The normalized spacial score (nSPS) is 11.6. The number of aromatic nitrogens is 3. The molecule has 0 aliphatic rings. The van der Waals surface area contributed by atoms with E-state index in [1.54, 1.807) is 41.8 Å². The lowest BCUT2D eigenvalue weighted by molar-refractivity contribution is -0.113. The Kier molecular flexibility index (Phi) is 8.02. The third-order valence-corrected chi connectivity index (χ3v) is 5.67. The monoisotopic (exact) mass is 473 g/mol. The molecule has 0 saturated heterocycles. The summed E-state index contributed by atoms with van der Waals surface area (Å²) in [7, 11) is 0. The molecule has 1 heterocycles. The summed E-state index contributed by atoms with van der Waals surface area (Å²) in [4.78, 5) is 24.8. The molecule has 0 bridgehead atoms. The van der Waals surface area contributed by atoms with Gasteiger partial charge in [0.15, 0.2) is 11.0 Å². The predicted octanol–water partition coefficient (Wildman–Crippen LogP) is 4.48. The summed E-state index contributed by atoms with van der Waals surface area (Å²) < 4.78 is 14.8. The van der Waals surface area contributed by atoms with E-state index in [-0.39, 0.29) is 23.4 Å². The van der Waals surface area contributed by atoms with E-state index < -0.39 is 6.04 Å². The molecule has 2 amide bonds. The van der Waals surface area contributed by atoms with E-state index in [1.165, 1.54) is 36.0 Å². The highest BCUT2D eigenvalue weighted by Gasteiger charge is 2.21. The molecular formula is C22H21ClFN5O2S. The van der Waals surface area contributed by atoms with Gasteiger partial charge in [0.25, 0.3) is 5.91 Å². The van der Waals surface area contributed by atoms with Gasteiger partial charge in [0.2, 0.25) is 5.91 Å². The van der Waals surface area contributed by atoms with Crippen LogP contribution in [-0.4, -0.2) is 32.3 Å². The molecule has 0 aliphatic heterocycles. The molecule has 10 heteroatoms. The van der Waals surface area contributed by atoms with Gasteiger partial charge in [-0.05, 0) is 43.3 Å². The minimum Gasteiger partial charge on any atom is -0.342 e. The van der Waals surface area contributed by atoms with Crippen molar-refractivity contribution in [3.05, 3.63) is 83.4 Å². The van der Waals surface area contributed by atoms with Crippen LogP contribution in [0.25, 0.3) is 0 Å². The van der Waals surface area contributed by atoms with Crippen LogP contribution in [0.1, 0.15) is 29.1 Å². The minimum atomic E-state index is -0.464. The maximum atomic E-state index is 13.0. The number of nitrogens with one attached hydrogen (secondary N) is 2. The molecule has 0 radical (unpaired) electrons. The molecule has 3 aromatic rings. The van der Waals surface area contributed by atoms with Crippen LogP contribution in [0.2, 0.25) is 5.02 Å². The lowest BCUT2D eigenvalue weighted by Gasteiger charge is -2.15. The van der Waals surface area contributed by atoms with Crippen LogP contribution in [0, 0.1) is 5.82 Å². The average molecular weight is 474 g/mol. The Morgan fingerprint density at radius 3 is 2.62 bits per heavy atom. The number of rotatable bonds is 9. The Morgan fingerprint density at radius 1 is 1.22 bits per heavy atom. The first-order valence-electron chi connectivity index (χ1n) is 9.66. The quantitative estimate of drug-likeness (QED) is 0.353. The van der Waals surface area contributed by atoms with Crippen molar-refractivity contribution in [3.8, 4) is 0 Å². The Hall–Kier alpha value is -3.17. The highest BCUT2D eigenvalue weighted by molar-refractivity contribution is 7.99. The Labute approximate surface area is 194 Å². The number of hydrogen-bond donors (Lipinski definition) is 2. The summed E-state index contributed by atoms with van der Waals surface area (Å²) in [6.07, 6.45) is 1.68. The van der Waals surface area contributed by atoms with Crippen LogP contribution >= 0.6 is 23.4 Å². The SMILES string of the molecule is C=CCn1c(SCC(=O)Nc2ccc(F)cc2)nnc1[C@H](C)NC(=O)c1ccccc1Cl. The summed E-state index contributed by atoms with van der Waals surface area (Å²) >= 11 is 7.30. The first-order chi connectivity index (χ1) is 15.4. The van der Waals surface area contributed by atoms with Crippen molar-refractivity contribution in [2.24, 2.45) is 0 Å². The maximum Gasteiger partial charge on any atom is 0.253 e. The fourth-order valence-corrected chi connectivity index (χ4v) is 3.85. The second-order valence-electron chi connectivity index (χ2n) is 6.76. The number of thioether (sulfide) groups is 1. The van der Waals surface area contributed by atoms with Crippen LogP contribution in [0.3, 0.4) is 0 Å². The number of carbonyl (C=O) groups is 2. The molecule has 1 aromatic heterocycles. The predicted molar refractivity (Wildman–Crippen MR) is 123 cm³/mol. The van der Waals surface area contributed by atoms with Crippen LogP contribution in [-0.2, 0) is 11.3 Å². The van der Waals surface area contributed by atoms with Gasteiger partial charge in [-0.1, -0.05) is 41.6 Å². The van der Waals surface area contributed by atoms with Crippen molar-refractivity contribution >= 4 is 40.9 Å². The van der Waals surface area contributed by atoms with E-state index in [2.05, 4.69) is 27.4 Å². The molecule has 166 valence electrons. The molecule has 7 nitrogen and oxygen atoms in total. The Balaban J connectivity index is 1.67. The number of halogens is 2. The van der Waals surface area contributed by atoms with Gasteiger partial charge in [0.05, 0.1) is 22.4 Å². The van der Waals surface area contributed by atoms with Crippen molar-refractivity contribution in [2.45, 2.75) is 24.7 Å². The standard InChI is InChI=1S/C22H21ClFN5O2S/c1-3-12-29-20(14(2)25-21(31)17-6-4-5-7-18(17)23)27-28-22(29)32-13-19(30)26-16-10-8-15(24)9-11-16/h3-11,14H,1,12-13H2,2H3,(H,25,31)(H,26,30)/t14-/m0/s1. The number of nitrogens with zero attached hydrogens (tertiary/aromatic N) is 3. The summed E-state index contributed by atoms with van der Waals surface area (Å²) in [5.74, 6) is -0.377. The van der Waals surface area contributed by atoms with Gasteiger partial charge >= 0.3 is 0 Å². The molecule has 2 aromatic carbocycles. The third kappa shape index (κ3) is 5.95. The molecule has 2 N–H and O–H groups in total. The second-order valence-corrected chi connectivity index (χ2v) is 8.11. The molecule has 32 heavy (non-hydrogen) atoms. The molecule has 0 fully saturated rings. The van der Waals surface area contributed by atoms with E-state index in [1.807, 2.05) is 0 Å². The van der Waals surface area contributed by atoms with E-state index >= 15 is 0 Å². The van der Waals surface area contributed by atoms with Crippen molar-refractivity contribution in [3.63, 3.8) is 0 Å². The summed E-state index contributed by atoms with van der Waals surface area (Å²) in [6.45, 7) is 5.94. The third-order valence-electron chi connectivity index (χ3n) is 4.37. The van der Waals surface area contributed by atoms with Crippen molar-refractivity contribution in [1.82, 2.24) is 20.1 Å². The van der Waals surface area contributed by atoms with Crippen LogP contribution in [0.15, 0.2) is 66.3 Å². The molecule has 0 unspecified atom stereocenters. The number of hydrogen-bond acceptors (Lipinski definition) is 5. The van der Waals surface area contributed by atoms with E-state index in [4.69, 9.17) is 11.6 Å². The smallest absolute Gasteiger partial charge is 0.253 e. The Morgan fingerprint density at radius 2 is 1.94 bits per heavy atom. The number of carbonyl (C=O) groups excluding carboxylic acids is 2. The minimum absolute atomic E-state index is 0.0764. The molecule has 0 saturated carbocycles. The zero-order valence-corrected chi connectivity index (χ0v) is 18.8. The van der Waals surface area contributed by atoms with Gasteiger partial charge in [0, 0.05) is 12.2 Å². The molecular weight excluding hydrogens is 453 g/mol. The fourth-order valence-electron chi connectivity index (χ4n) is 2.87. The van der Waals surface area contributed by atoms with Crippen LogP contribution in [0.5, 0.6) is 0 Å². The number of anilines is 1. The van der Waals surface area contributed by atoms with Gasteiger partial charge in [-0.3, -0.25) is 9.59 Å². The van der Waals surface area contributed by atoms with Crippen molar-refractivity contribution in [1.29, 1.82) is 0 Å². The van der Waals surface area contributed by atoms with Crippen LogP contribution in [0.4, 0.5) is 10.1 Å². The van der Waals surface area contributed by atoms with E-state index in [9.17, 15) is 14.0 Å². The second kappa shape index (κ2) is 10.9.